The molecular formula is C16H16ClN3O3. The molecule has 0 aliphatic rings. The van der Waals surface area contributed by atoms with Gasteiger partial charge in [-0.25, -0.2) is 10.2 Å². The van der Waals surface area contributed by atoms with Crippen molar-refractivity contribution in [2.75, 3.05) is 7.11 Å². The lowest BCUT2D eigenvalue weighted by Gasteiger charge is -2.13. The molecule has 0 bridgehead atoms. The maximum absolute atomic E-state index is 10.7. The minimum absolute atomic E-state index is 0.311. The van der Waals surface area contributed by atoms with Crippen molar-refractivity contribution >= 4 is 23.8 Å². The zero-order valence-corrected chi connectivity index (χ0v) is 13.2. The zero-order valence-electron chi connectivity index (χ0n) is 12.5. The highest BCUT2D eigenvalue weighted by Gasteiger charge is 2.10. The summed E-state index contributed by atoms with van der Waals surface area (Å²) in [4.78, 5) is 10.7. The average Bonchev–Trinajstić information content (AvgIpc) is 2.53. The lowest BCUT2D eigenvalue weighted by Crippen LogP contribution is -2.24. The number of benzene rings is 2. The first kappa shape index (κ1) is 16.6. The topological polar surface area (TPSA) is 85.9 Å². The van der Waals surface area contributed by atoms with Crippen LogP contribution in [0.3, 0.4) is 0 Å². The summed E-state index contributed by atoms with van der Waals surface area (Å²) in [7, 11) is 1.55. The van der Waals surface area contributed by atoms with Crippen molar-refractivity contribution in [1.29, 1.82) is 0 Å². The van der Waals surface area contributed by atoms with Crippen LogP contribution in [0.5, 0.6) is 11.5 Å². The Morgan fingerprint density at radius 3 is 2.83 bits per heavy atom. The Labute approximate surface area is 138 Å². The number of ether oxygens (including phenoxy) is 2. The van der Waals surface area contributed by atoms with Crippen LogP contribution in [-0.2, 0) is 6.61 Å². The van der Waals surface area contributed by atoms with Gasteiger partial charge in [-0.1, -0.05) is 29.8 Å². The van der Waals surface area contributed by atoms with Gasteiger partial charge in [0.1, 0.15) is 6.61 Å². The molecule has 0 heterocycles. The number of carbonyl (C=O) groups excluding carboxylic acids is 1. The lowest BCUT2D eigenvalue weighted by atomic mass is 10.2. The molecule has 2 aromatic rings. The largest absolute Gasteiger partial charge is 0.493 e. The van der Waals surface area contributed by atoms with E-state index in [0.717, 1.165) is 5.56 Å². The highest BCUT2D eigenvalue weighted by molar-refractivity contribution is 6.30. The second-order valence-corrected chi connectivity index (χ2v) is 4.97. The Kier molecular flexibility index (Phi) is 5.82. The minimum Gasteiger partial charge on any atom is -0.493 e. The number of nitrogens with two attached hydrogens (primary N) is 1. The number of amides is 2. The fraction of sp³-hybridized carbons (Fsp3) is 0.125. The molecule has 0 atom stereocenters. The summed E-state index contributed by atoms with van der Waals surface area (Å²) in [6, 6.07) is 12.0. The van der Waals surface area contributed by atoms with Gasteiger partial charge in [-0.3, -0.25) is 0 Å². The minimum atomic E-state index is -0.745. The molecule has 0 saturated heterocycles. The number of para-hydroxylation sites is 1. The molecule has 0 aliphatic carbocycles. The molecule has 7 heteroatoms. The number of nitrogens with one attached hydrogen (secondary N) is 1. The van der Waals surface area contributed by atoms with Crippen LogP contribution in [0.15, 0.2) is 47.6 Å². The van der Waals surface area contributed by atoms with Crippen molar-refractivity contribution in [3.63, 3.8) is 0 Å². The lowest BCUT2D eigenvalue weighted by molar-refractivity contribution is 0.249. The maximum atomic E-state index is 10.7. The number of primary amides is 1. The molecule has 0 aliphatic heterocycles. The van der Waals surface area contributed by atoms with Crippen LogP contribution in [0.2, 0.25) is 5.02 Å². The van der Waals surface area contributed by atoms with Gasteiger partial charge in [0, 0.05) is 10.6 Å². The fourth-order valence-electron chi connectivity index (χ4n) is 1.90. The van der Waals surface area contributed by atoms with Crippen LogP contribution in [0.1, 0.15) is 11.1 Å². The summed E-state index contributed by atoms with van der Waals surface area (Å²) < 4.78 is 11.1. The van der Waals surface area contributed by atoms with Gasteiger partial charge in [0.2, 0.25) is 0 Å². The number of hydrogen-bond acceptors (Lipinski definition) is 4. The van der Waals surface area contributed by atoms with Crippen molar-refractivity contribution in [2.45, 2.75) is 6.61 Å². The fourth-order valence-corrected chi connectivity index (χ4v) is 2.11. The summed E-state index contributed by atoms with van der Waals surface area (Å²) in [5, 5.41) is 4.38. The van der Waals surface area contributed by atoms with Gasteiger partial charge in [-0.15, -0.1) is 0 Å². The van der Waals surface area contributed by atoms with Crippen LogP contribution in [0.4, 0.5) is 4.79 Å². The number of rotatable bonds is 6. The van der Waals surface area contributed by atoms with E-state index in [1.165, 1.54) is 6.21 Å². The number of hydrazone groups is 1. The van der Waals surface area contributed by atoms with E-state index < -0.39 is 6.03 Å². The molecule has 0 fully saturated rings. The SMILES string of the molecule is COc1cccc(C=NNC(N)=O)c1OCc1cccc(Cl)c1. The zero-order chi connectivity index (χ0) is 16.7. The van der Waals surface area contributed by atoms with Gasteiger partial charge in [-0.05, 0) is 29.8 Å². The third-order valence-electron chi connectivity index (χ3n) is 2.88. The van der Waals surface area contributed by atoms with Gasteiger partial charge in [0.15, 0.2) is 11.5 Å². The van der Waals surface area contributed by atoms with Crippen LogP contribution in [-0.4, -0.2) is 19.4 Å². The highest BCUT2D eigenvalue weighted by Crippen LogP contribution is 2.31. The van der Waals surface area contributed by atoms with Crippen molar-refractivity contribution in [3.8, 4) is 11.5 Å². The second kappa shape index (κ2) is 8.05. The molecule has 120 valence electrons. The van der Waals surface area contributed by atoms with E-state index >= 15 is 0 Å². The van der Waals surface area contributed by atoms with Crippen molar-refractivity contribution in [3.05, 3.63) is 58.6 Å². The molecule has 0 radical (unpaired) electrons. The number of urea groups is 1. The first-order valence-corrected chi connectivity index (χ1v) is 7.10. The van der Waals surface area contributed by atoms with Gasteiger partial charge >= 0.3 is 6.03 Å². The first-order chi connectivity index (χ1) is 11.1. The van der Waals surface area contributed by atoms with Gasteiger partial charge < -0.3 is 15.2 Å². The van der Waals surface area contributed by atoms with Crippen molar-refractivity contribution in [2.24, 2.45) is 10.8 Å². The van der Waals surface area contributed by atoms with E-state index in [2.05, 4.69) is 10.5 Å². The van der Waals surface area contributed by atoms with E-state index in [4.69, 9.17) is 26.8 Å². The molecule has 2 rings (SSSR count). The Balaban J connectivity index is 2.21. The van der Waals surface area contributed by atoms with Gasteiger partial charge in [-0.2, -0.15) is 5.10 Å². The average molecular weight is 334 g/mol. The number of carbonyl (C=O) groups is 1. The first-order valence-electron chi connectivity index (χ1n) is 6.73. The van der Waals surface area contributed by atoms with Crippen LogP contribution < -0.4 is 20.6 Å². The molecular weight excluding hydrogens is 318 g/mol. The number of halogens is 1. The predicted octanol–water partition coefficient (Wildman–Crippen LogP) is 2.93. The Hall–Kier alpha value is -2.73. The predicted molar refractivity (Wildman–Crippen MR) is 89.1 cm³/mol. The summed E-state index contributed by atoms with van der Waals surface area (Å²) in [6.07, 6.45) is 1.43. The molecule has 0 unspecified atom stereocenters. The molecule has 0 aromatic heterocycles. The number of nitrogens with zero attached hydrogens (tertiary/aromatic N) is 1. The summed E-state index contributed by atoms with van der Waals surface area (Å²) in [6.45, 7) is 0.311. The Morgan fingerprint density at radius 2 is 2.13 bits per heavy atom. The standard InChI is InChI=1S/C16H16ClN3O3/c1-22-14-7-3-5-12(9-19-20-16(18)21)15(14)23-10-11-4-2-6-13(17)8-11/h2-9H,10H2,1H3,(H3,18,20,21). The number of methoxy groups -OCH3 is 1. The van der Waals surface area contributed by atoms with E-state index in [-0.39, 0.29) is 0 Å². The second-order valence-electron chi connectivity index (χ2n) is 4.53. The summed E-state index contributed by atoms with van der Waals surface area (Å²) in [5.74, 6) is 1.06. The van der Waals surface area contributed by atoms with Crippen LogP contribution >= 0.6 is 11.6 Å². The summed E-state index contributed by atoms with van der Waals surface area (Å²) >= 11 is 5.96. The van der Waals surface area contributed by atoms with Gasteiger partial charge in [0.25, 0.3) is 0 Å². The van der Waals surface area contributed by atoms with Crippen molar-refractivity contribution < 1.29 is 14.3 Å². The third-order valence-corrected chi connectivity index (χ3v) is 3.11. The quantitative estimate of drug-likeness (QED) is 0.629. The normalized spacial score (nSPS) is 10.5. The molecule has 3 N–H and O–H groups in total. The van der Waals surface area contributed by atoms with E-state index in [1.54, 1.807) is 31.4 Å². The van der Waals surface area contributed by atoms with Crippen LogP contribution in [0.25, 0.3) is 0 Å². The third kappa shape index (κ3) is 4.89. The van der Waals surface area contributed by atoms with E-state index in [1.807, 2.05) is 18.2 Å². The number of hydrogen-bond donors (Lipinski definition) is 2. The molecule has 23 heavy (non-hydrogen) atoms. The van der Waals surface area contributed by atoms with E-state index in [9.17, 15) is 4.79 Å². The molecule has 2 amide bonds. The monoisotopic (exact) mass is 333 g/mol. The molecule has 0 spiro atoms. The van der Waals surface area contributed by atoms with Crippen molar-refractivity contribution in [1.82, 2.24) is 5.43 Å². The molecule has 6 nitrogen and oxygen atoms in total. The van der Waals surface area contributed by atoms with Crippen LogP contribution in [0, 0.1) is 0 Å². The summed E-state index contributed by atoms with van der Waals surface area (Å²) in [5.41, 5.74) is 8.66. The maximum Gasteiger partial charge on any atom is 0.332 e. The smallest absolute Gasteiger partial charge is 0.332 e. The Morgan fingerprint density at radius 1 is 1.35 bits per heavy atom. The Bertz CT molecular complexity index is 719. The highest BCUT2D eigenvalue weighted by atomic mass is 35.5. The van der Waals surface area contributed by atoms with E-state index in [0.29, 0.717) is 28.7 Å². The molecule has 0 saturated carbocycles. The molecule has 2 aromatic carbocycles. The van der Waals surface area contributed by atoms with Gasteiger partial charge in [0.05, 0.1) is 13.3 Å².